The summed E-state index contributed by atoms with van der Waals surface area (Å²) in [7, 11) is 0. The number of rotatable bonds is 5. The van der Waals surface area contributed by atoms with Crippen LogP contribution in [-0.4, -0.2) is 16.6 Å². The standard InChI is InChI=1S/C26H36BrN2O2/c1-18(2)22-13-8-19(3)15-24(22)31-26(30)17-28-16-23(20-9-11-21(27)12-10-20)29-14-6-4-5-7-25(28)29/h9-12,16,18-19,22,24H,4-8,13-15,17H2,1-3H3/q+1. The number of hydrogen-bond donors (Lipinski definition) is 0. The number of hydrogen-bond acceptors (Lipinski definition) is 2. The average molecular weight is 488 g/mol. The van der Waals surface area contributed by atoms with Gasteiger partial charge in [0.15, 0.2) is 12.2 Å². The number of imidazole rings is 1. The maximum atomic E-state index is 13.1. The van der Waals surface area contributed by atoms with Crippen molar-refractivity contribution in [1.82, 2.24) is 4.57 Å². The summed E-state index contributed by atoms with van der Waals surface area (Å²) in [6.45, 7) is 8.12. The van der Waals surface area contributed by atoms with E-state index >= 15 is 0 Å². The van der Waals surface area contributed by atoms with E-state index in [-0.39, 0.29) is 12.1 Å². The number of benzene rings is 1. The van der Waals surface area contributed by atoms with Crippen molar-refractivity contribution in [2.45, 2.75) is 84.9 Å². The molecule has 2 aromatic rings. The van der Waals surface area contributed by atoms with Crippen LogP contribution in [0.5, 0.6) is 0 Å². The van der Waals surface area contributed by atoms with E-state index in [9.17, 15) is 4.79 Å². The molecule has 2 heterocycles. The van der Waals surface area contributed by atoms with Crippen LogP contribution in [0.2, 0.25) is 0 Å². The molecule has 2 aliphatic rings. The van der Waals surface area contributed by atoms with Crippen LogP contribution in [-0.2, 0) is 29.0 Å². The molecule has 1 aromatic carbocycles. The first-order valence-electron chi connectivity index (χ1n) is 12.0. The predicted molar refractivity (Wildman–Crippen MR) is 127 cm³/mol. The molecular weight excluding hydrogens is 452 g/mol. The number of ether oxygens (including phenoxy) is 1. The van der Waals surface area contributed by atoms with Gasteiger partial charge >= 0.3 is 5.97 Å². The fourth-order valence-corrected chi connectivity index (χ4v) is 5.69. The van der Waals surface area contributed by atoms with Gasteiger partial charge in [0.25, 0.3) is 5.82 Å². The van der Waals surface area contributed by atoms with Crippen LogP contribution in [0.3, 0.4) is 0 Å². The molecule has 5 heteroatoms. The molecule has 31 heavy (non-hydrogen) atoms. The molecular formula is C26H36BrN2O2+. The minimum Gasteiger partial charge on any atom is -0.459 e. The number of aromatic nitrogens is 2. The predicted octanol–water partition coefficient (Wildman–Crippen LogP) is 5.94. The van der Waals surface area contributed by atoms with Crippen LogP contribution in [0.15, 0.2) is 34.9 Å². The second kappa shape index (κ2) is 9.89. The Balaban J connectivity index is 1.56. The van der Waals surface area contributed by atoms with Crippen LogP contribution < -0.4 is 4.57 Å². The van der Waals surface area contributed by atoms with Gasteiger partial charge in [-0.15, -0.1) is 0 Å². The largest absolute Gasteiger partial charge is 0.459 e. The SMILES string of the molecule is CC1CCC(C(C)C)C(OC(=O)C[n+]2cc(-c3ccc(Br)cc3)n3c2CCCCC3)C1. The second-order valence-electron chi connectivity index (χ2n) is 9.88. The van der Waals surface area contributed by atoms with Gasteiger partial charge in [-0.3, -0.25) is 0 Å². The molecule has 1 aromatic heterocycles. The lowest BCUT2D eigenvalue weighted by molar-refractivity contribution is -0.692. The van der Waals surface area contributed by atoms with Gasteiger partial charge in [0.1, 0.15) is 12.3 Å². The van der Waals surface area contributed by atoms with E-state index in [1.165, 1.54) is 49.2 Å². The Morgan fingerprint density at radius 2 is 1.97 bits per heavy atom. The minimum absolute atomic E-state index is 0.0593. The van der Waals surface area contributed by atoms with Crippen LogP contribution in [0, 0.1) is 17.8 Å². The zero-order valence-electron chi connectivity index (χ0n) is 19.1. The van der Waals surface area contributed by atoms with Crippen LogP contribution in [0.25, 0.3) is 11.3 Å². The Bertz CT molecular complexity index is 903. The summed E-state index contributed by atoms with van der Waals surface area (Å²) in [6, 6.07) is 8.47. The van der Waals surface area contributed by atoms with Crippen molar-refractivity contribution in [3.05, 3.63) is 40.8 Å². The van der Waals surface area contributed by atoms with Crippen molar-refractivity contribution in [3.8, 4) is 11.3 Å². The van der Waals surface area contributed by atoms with Gasteiger partial charge in [-0.05, 0) is 74.1 Å². The van der Waals surface area contributed by atoms with E-state index < -0.39 is 0 Å². The van der Waals surface area contributed by atoms with Gasteiger partial charge in [-0.1, -0.05) is 43.1 Å². The topological polar surface area (TPSA) is 35.1 Å². The summed E-state index contributed by atoms with van der Waals surface area (Å²) < 4.78 is 11.8. The van der Waals surface area contributed by atoms with Gasteiger partial charge < -0.3 is 4.74 Å². The highest BCUT2D eigenvalue weighted by atomic mass is 79.9. The van der Waals surface area contributed by atoms with E-state index in [4.69, 9.17) is 4.74 Å². The molecule has 1 fully saturated rings. The molecule has 0 radical (unpaired) electrons. The highest BCUT2D eigenvalue weighted by molar-refractivity contribution is 9.10. The molecule has 1 aliphatic carbocycles. The molecule has 3 unspecified atom stereocenters. The summed E-state index contributed by atoms with van der Waals surface area (Å²) in [5.74, 6) is 2.83. The fourth-order valence-electron chi connectivity index (χ4n) is 5.43. The monoisotopic (exact) mass is 487 g/mol. The molecule has 0 amide bonds. The third kappa shape index (κ3) is 5.24. The summed E-state index contributed by atoms with van der Waals surface area (Å²) in [4.78, 5) is 13.1. The fraction of sp³-hybridized carbons (Fsp3) is 0.615. The summed E-state index contributed by atoms with van der Waals surface area (Å²) in [5.41, 5.74) is 2.39. The molecule has 1 saturated carbocycles. The van der Waals surface area contributed by atoms with E-state index in [0.717, 1.165) is 23.9 Å². The third-order valence-electron chi connectivity index (χ3n) is 7.18. The Morgan fingerprint density at radius 3 is 2.71 bits per heavy atom. The van der Waals surface area contributed by atoms with Gasteiger partial charge in [0, 0.05) is 16.5 Å². The van der Waals surface area contributed by atoms with Gasteiger partial charge in [-0.25, -0.2) is 13.9 Å². The van der Waals surface area contributed by atoms with Gasteiger partial charge in [-0.2, -0.15) is 0 Å². The van der Waals surface area contributed by atoms with E-state index in [1.54, 1.807) is 0 Å². The molecule has 0 bridgehead atoms. The highest BCUT2D eigenvalue weighted by Crippen LogP contribution is 2.35. The number of carbonyl (C=O) groups is 1. The molecule has 0 N–H and O–H groups in total. The molecule has 168 valence electrons. The number of carbonyl (C=O) groups excluding carboxylic acids is 1. The molecule has 4 nitrogen and oxygen atoms in total. The van der Waals surface area contributed by atoms with Crippen molar-refractivity contribution in [2.75, 3.05) is 0 Å². The van der Waals surface area contributed by atoms with Crippen molar-refractivity contribution < 1.29 is 14.1 Å². The first-order valence-corrected chi connectivity index (χ1v) is 12.8. The van der Waals surface area contributed by atoms with Crippen molar-refractivity contribution >= 4 is 21.9 Å². The molecule has 0 saturated heterocycles. The maximum Gasteiger partial charge on any atom is 0.348 e. The van der Waals surface area contributed by atoms with Crippen LogP contribution in [0.1, 0.15) is 65.1 Å². The van der Waals surface area contributed by atoms with E-state index in [0.29, 0.717) is 24.3 Å². The molecule has 4 rings (SSSR count). The number of nitrogens with zero attached hydrogens (tertiary/aromatic N) is 2. The van der Waals surface area contributed by atoms with E-state index in [1.807, 2.05) is 0 Å². The zero-order chi connectivity index (χ0) is 22.0. The lowest BCUT2D eigenvalue weighted by Gasteiger charge is -2.36. The average Bonchev–Trinajstić information content (AvgIpc) is 2.89. The lowest BCUT2D eigenvalue weighted by Crippen LogP contribution is -2.44. The second-order valence-corrected chi connectivity index (χ2v) is 10.8. The smallest absolute Gasteiger partial charge is 0.348 e. The first kappa shape index (κ1) is 22.6. The molecule has 0 spiro atoms. The number of fused-ring (bicyclic) bond motifs is 1. The molecule has 3 atom stereocenters. The van der Waals surface area contributed by atoms with Crippen molar-refractivity contribution in [2.24, 2.45) is 17.8 Å². The van der Waals surface area contributed by atoms with E-state index in [2.05, 4.69) is 76.3 Å². The minimum atomic E-state index is -0.0882. The summed E-state index contributed by atoms with van der Waals surface area (Å²) in [5, 5.41) is 0. The molecule has 1 aliphatic heterocycles. The number of halogens is 1. The maximum absolute atomic E-state index is 13.1. The normalized spacial score (nSPS) is 24.0. The number of esters is 1. The Kier molecular flexibility index (Phi) is 7.20. The van der Waals surface area contributed by atoms with Gasteiger partial charge in [0.05, 0.1) is 6.54 Å². The Morgan fingerprint density at radius 1 is 1.19 bits per heavy atom. The summed E-state index contributed by atoms with van der Waals surface area (Å²) in [6.07, 6.45) is 10.2. The third-order valence-corrected chi connectivity index (χ3v) is 7.71. The first-order chi connectivity index (χ1) is 14.9. The van der Waals surface area contributed by atoms with Gasteiger partial charge in [0.2, 0.25) is 0 Å². The Labute approximate surface area is 195 Å². The van der Waals surface area contributed by atoms with Crippen LogP contribution >= 0.6 is 15.9 Å². The summed E-state index contributed by atoms with van der Waals surface area (Å²) >= 11 is 3.54. The zero-order valence-corrected chi connectivity index (χ0v) is 20.7. The highest BCUT2D eigenvalue weighted by Gasteiger charge is 2.34. The Hall–Kier alpha value is -1.62. The quantitative estimate of drug-likeness (QED) is 0.386. The van der Waals surface area contributed by atoms with Crippen molar-refractivity contribution in [1.29, 1.82) is 0 Å². The van der Waals surface area contributed by atoms with Crippen molar-refractivity contribution in [3.63, 3.8) is 0 Å². The lowest BCUT2D eigenvalue weighted by atomic mass is 9.75. The van der Waals surface area contributed by atoms with Crippen LogP contribution in [0.4, 0.5) is 0 Å².